The van der Waals surface area contributed by atoms with Crippen LogP contribution in [0.2, 0.25) is 0 Å². The second-order valence-electron chi connectivity index (χ2n) is 21.3. The van der Waals surface area contributed by atoms with Crippen molar-refractivity contribution in [3.8, 4) is 0 Å². The third-order valence-corrected chi connectivity index (χ3v) is 14.1. The lowest BCUT2D eigenvalue weighted by molar-refractivity contribution is -0.167. The molecule has 0 aliphatic rings. The average molecular weight is 998 g/mol. The Balaban J connectivity index is 4.11. The van der Waals surface area contributed by atoms with Gasteiger partial charge in [-0.1, -0.05) is 282 Å². The largest absolute Gasteiger partial charge is 0.462 e. The Bertz CT molecular complexity index is 1190. The summed E-state index contributed by atoms with van der Waals surface area (Å²) in [6, 6.07) is 0. The quantitative estimate of drug-likeness (QED) is 0.0261. The fourth-order valence-electron chi connectivity index (χ4n) is 9.35. The first-order valence-electron chi connectivity index (χ1n) is 31.5. The zero-order valence-electron chi connectivity index (χ0n) is 47.8. The molecule has 0 amide bonds. The van der Waals surface area contributed by atoms with Crippen molar-refractivity contribution in [1.29, 1.82) is 0 Å². The minimum atomic E-state index is -0.772. The summed E-state index contributed by atoms with van der Waals surface area (Å²) in [5, 5.41) is 0. The third-order valence-electron chi connectivity index (χ3n) is 14.1. The number of hydrogen-bond acceptors (Lipinski definition) is 6. The lowest BCUT2D eigenvalue weighted by atomic mass is 10.0. The van der Waals surface area contributed by atoms with Gasteiger partial charge in [-0.3, -0.25) is 14.4 Å². The van der Waals surface area contributed by atoms with E-state index >= 15 is 0 Å². The van der Waals surface area contributed by atoms with Crippen molar-refractivity contribution >= 4 is 17.9 Å². The van der Waals surface area contributed by atoms with Crippen LogP contribution >= 0.6 is 0 Å². The fourth-order valence-corrected chi connectivity index (χ4v) is 9.35. The second kappa shape index (κ2) is 60.2. The van der Waals surface area contributed by atoms with Crippen LogP contribution in [0.15, 0.2) is 36.5 Å². The molecule has 1 unspecified atom stereocenters. The standard InChI is InChI=1S/C65H120O6/c1-4-7-10-13-16-19-21-23-25-27-29-30-31-32-33-34-35-36-37-39-40-42-44-46-49-52-55-58-64(67)70-61-62(60-69-63(66)57-54-51-48-18-15-12-9-6-3)71-65(68)59-56-53-50-47-45-43-41-38-28-26-24-22-20-17-14-11-8-5-2/h20,22,26-29,62H,4-19,21,23-25,30-61H2,1-3H3/b22-20-,28-26-,29-27-. The van der Waals surface area contributed by atoms with E-state index in [4.69, 9.17) is 14.2 Å². The van der Waals surface area contributed by atoms with Crippen molar-refractivity contribution < 1.29 is 28.6 Å². The first-order chi connectivity index (χ1) is 35.0. The topological polar surface area (TPSA) is 78.9 Å². The molecule has 0 fully saturated rings. The predicted octanol–water partition coefficient (Wildman–Crippen LogP) is 21.2. The summed E-state index contributed by atoms with van der Waals surface area (Å²) in [5.41, 5.74) is 0. The van der Waals surface area contributed by atoms with E-state index in [2.05, 4.69) is 57.2 Å². The molecule has 0 aromatic rings. The molecule has 0 N–H and O–H groups in total. The molecular weight excluding hydrogens is 877 g/mol. The molecule has 1 atom stereocenters. The van der Waals surface area contributed by atoms with Crippen LogP contribution in [0.5, 0.6) is 0 Å². The van der Waals surface area contributed by atoms with E-state index in [0.717, 1.165) is 70.6 Å². The van der Waals surface area contributed by atoms with Crippen LogP contribution < -0.4 is 0 Å². The monoisotopic (exact) mass is 997 g/mol. The second-order valence-corrected chi connectivity index (χ2v) is 21.3. The Kier molecular flexibility index (Phi) is 58.2. The minimum Gasteiger partial charge on any atom is -0.462 e. The van der Waals surface area contributed by atoms with Crippen molar-refractivity contribution in [1.82, 2.24) is 0 Å². The van der Waals surface area contributed by atoms with Crippen LogP contribution in [0.3, 0.4) is 0 Å². The number of hydrogen-bond donors (Lipinski definition) is 0. The molecule has 0 heterocycles. The summed E-state index contributed by atoms with van der Waals surface area (Å²) in [4.78, 5) is 38.1. The summed E-state index contributed by atoms with van der Waals surface area (Å²) in [6.45, 7) is 6.63. The number of carbonyl (C=O) groups excluding carboxylic acids is 3. The lowest BCUT2D eigenvalue weighted by Crippen LogP contribution is -2.30. The van der Waals surface area contributed by atoms with Gasteiger partial charge in [-0.15, -0.1) is 0 Å². The van der Waals surface area contributed by atoms with E-state index in [1.54, 1.807) is 0 Å². The lowest BCUT2D eigenvalue weighted by Gasteiger charge is -2.18. The molecule has 0 aliphatic carbocycles. The molecule has 6 heteroatoms. The summed E-state index contributed by atoms with van der Waals surface area (Å²) >= 11 is 0. The number of esters is 3. The van der Waals surface area contributed by atoms with Crippen LogP contribution in [0.1, 0.15) is 342 Å². The normalized spacial score (nSPS) is 12.2. The fraction of sp³-hybridized carbons (Fsp3) is 0.862. The molecule has 0 saturated carbocycles. The maximum absolute atomic E-state index is 12.8. The van der Waals surface area contributed by atoms with Gasteiger partial charge < -0.3 is 14.2 Å². The highest BCUT2D eigenvalue weighted by Crippen LogP contribution is 2.17. The number of allylic oxidation sites excluding steroid dienone is 6. The van der Waals surface area contributed by atoms with Crippen LogP contribution in [-0.4, -0.2) is 37.2 Å². The van der Waals surface area contributed by atoms with Gasteiger partial charge in [-0.2, -0.15) is 0 Å². The Hall–Kier alpha value is -2.37. The van der Waals surface area contributed by atoms with E-state index in [1.807, 2.05) is 0 Å². The number of rotatable bonds is 58. The van der Waals surface area contributed by atoms with Crippen molar-refractivity contribution in [2.75, 3.05) is 13.2 Å². The molecule has 6 nitrogen and oxygen atoms in total. The number of ether oxygens (including phenoxy) is 3. The van der Waals surface area contributed by atoms with Gasteiger partial charge in [0, 0.05) is 19.3 Å². The molecule has 0 spiro atoms. The highest BCUT2D eigenvalue weighted by molar-refractivity contribution is 5.71. The maximum Gasteiger partial charge on any atom is 0.306 e. The number of carbonyl (C=O) groups is 3. The Labute approximate surface area is 442 Å². The van der Waals surface area contributed by atoms with E-state index in [0.29, 0.717) is 19.3 Å². The van der Waals surface area contributed by atoms with Crippen LogP contribution in [0.4, 0.5) is 0 Å². The SMILES string of the molecule is CCCCCC/C=C\C/C=C\CCCCCCCCCC(=O)OC(COC(=O)CCCCCCCCCC)COC(=O)CCCCCCCCCCCCCCCCC/C=C\CCCCCCCCCC. The molecule has 0 rings (SSSR count). The van der Waals surface area contributed by atoms with Gasteiger partial charge in [0.15, 0.2) is 6.10 Å². The highest BCUT2D eigenvalue weighted by atomic mass is 16.6. The van der Waals surface area contributed by atoms with E-state index in [1.165, 1.54) is 231 Å². The van der Waals surface area contributed by atoms with Gasteiger partial charge in [-0.25, -0.2) is 0 Å². The molecule has 0 radical (unpaired) electrons. The summed E-state index contributed by atoms with van der Waals surface area (Å²) in [7, 11) is 0. The van der Waals surface area contributed by atoms with E-state index in [9.17, 15) is 14.4 Å². The summed E-state index contributed by atoms with van der Waals surface area (Å²) in [5.74, 6) is -0.865. The smallest absolute Gasteiger partial charge is 0.306 e. The average Bonchev–Trinajstić information content (AvgIpc) is 3.37. The van der Waals surface area contributed by atoms with Crippen LogP contribution in [-0.2, 0) is 28.6 Å². The molecule has 71 heavy (non-hydrogen) atoms. The van der Waals surface area contributed by atoms with Crippen molar-refractivity contribution in [3.05, 3.63) is 36.5 Å². The molecule has 416 valence electrons. The molecule has 0 aromatic carbocycles. The minimum absolute atomic E-state index is 0.0715. The van der Waals surface area contributed by atoms with Crippen molar-refractivity contribution in [3.63, 3.8) is 0 Å². The van der Waals surface area contributed by atoms with Gasteiger partial charge >= 0.3 is 17.9 Å². The first kappa shape index (κ1) is 68.6. The van der Waals surface area contributed by atoms with Crippen LogP contribution in [0.25, 0.3) is 0 Å². The molecule has 0 aliphatic heterocycles. The van der Waals surface area contributed by atoms with Gasteiger partial charge in [0.25, 0.3) is 0 Å². The van der Waals surface area contributed by atoms with Crippen molar-refractivity contribution in [2.24, 2.45) is 0 Å². The predicted molar refractivity (Wildman–Crippen MR) is 307 cm³/mol. The van der Waals surface area contributed by atoms with Gasteiger partial charge in [0.05, 0.1) is 0 Å². The zero-order valence-corrected chi connectivity index (χ0v) is 47.8. The Morgan fingerprint density at radius 3 is 0.803 bits per heavy atom. The first-order valence-corrected chi connectivity index (χ1v) is 31.5. The molecule has 0 bridgehead atoms. The molecule has 0 aromatic heterocycles. The van der Waals surface area contributed by atoms with Gasteiger partial charge in [-0.05, 0) is 77.0 Å². The molecule has 0 saturated heterocycles. The summed E-state index contributed by atoms with van der Waals surface area (Å²) < 4.78 is 16.8. The van der Waals surface area contributed by atoms with Gasteiger partial charge in [0.1, 0.15) is 13.2 Å². The Morgan fingerprint density at radius 1 is 0.282 bits per heavy atom. The Morgan fingerprint density at radius 2 is 0.507 bits per heavy atom. The third kappa shape index (κ3) is 58.4. The molecular formula is C65H120O6. The summed E-state index contributed by atoms with van der Waals surface area (Å²) in [6.07, 6.45) is 73.1. The van der Waals surface area contributed by atoms with Crippen molar-refractivity contribution in [2.45, 2.75) is 348 Å². The van der Waals surface area contributed by atoms with Crippen LogP contribution in [0, 0.1) is 0 Å². The van der Waals surface area contributed by atoms with E-state index < -0.39 is 6.10 Å². The van der Waals surface area contributed by atoms with Gasteiger partial charge in [0.2, 0.25) is 0 Å². The van der Waals surface area contributed by atoms with E-state index in [-0.39, 0.29) is 31.1 Å². The maximum atomic E-state index is 12.8. The zero-order chi connectivity index (χ0) is 51.4. The highest BCUT2D eigenvalue weighted by Gasteiger charge is 2.19. The number of unbranched alkanes of at least 4 members (excludes halogenated alkanes) is 41.